The van der Waals surface area contributed by atoms with Gasteiger partial charge in [0.25, 0.3) is 0 Å². The molecular formula is C10H18N4. The molecule has 3 N–H and O–H groups in total. The monoisotopic (exact) mass is 194 g/mol. The summed E-state index contributed by atoms with van der Waals surface area (Å²) in [6.07, 6.45) is 7.79. The molecule has 0 radical (unpaired) electrons. The second kappa shape index (κ2) is 4.57. The summed E-state index contributed by atoms with van der Waals surface area (Å²) in [6.45, 7) is 3.03. The van der Waals surface area contributed by atoms with Gasteiger partial charge >= 0.3 is 0 Å². The largest absolute Gasteiger partial charge is 0.329 e. The number of piperidine rings is 1. The number of nitrogens with one attached hydrogen (secondary N) is 1. The molecule has 14 heavy (non-hydrogen) atoms. The SMILES string of the molecule is NCC(c1cn[nH]c1)N1CCCCC1. The van der Waals surface area contributed by atoms with Gasteiger partial charge in [-0.05, 0) is 25.9 Å². The van der Waals surface area contributed by atoms with Gasteiger partial charge in [0.1, 0.15) is 0 Å². The van der Waals surface area contributed by atoms with Gasteiger partial charge in [-0.25, -0.2) is 0 Å². The maximum Gasteiger partial charge on any atom is 0.0535 e. The van der Waals surface area contributed by atoms with Crippen molar-refractivity contribution in [1.82, 2.24) is 15.1 Å². The molecule has 0 aromatic carbocycles. The number of hydrogen-bond donors (Lipinski definition) is 2. The molecule has 4 nitrogen and oxygen atoms in total. The van der Waals surface area contributed by atoms with Crippen molar-refractivity contribution < 1.29 is 0 Å². The summed E-state index contributed by atoms with van der Waals surface area (Å²) < 4.78 is 0. The first-order valence-electron chi connectivity index (χ1n) is 5.34. The Kier molecular flexibility index (Phi) is 3.16. The van der Waals surface area contributed by atoms with Crippen molar-refractivity contribution in [3.63, 3.8) is 0 Å². The Morgan fingerprint density at radius 2 is 2.21 bits per heavy atom. The van der Waals surface area contributed by atoms with Crippen molar-refractivity contribution in [3.05, 3.63) is 18.0 Å². The van der Waals surface area contributed by atoms with Crippen LogP contribution in [-0.2, 0) is 0 Å². The standard InChI is InChI=1S/C10H18N4/c11-6-10(9-7-12-13-8-9)14-4-2-1-3-5-14/h7-8,10H,1-6,11H2,(H,12,13). The van der Waals surface area contributed by atoms with Gasteiger partial charge < -0.3 is 5.73 Å². The summed E-state index contributed by atoms with van der Waals surface area (Å²) in [4.78, 5) is 2.47. The van der Waals surface area contributed by atoms with Gasteiger partial charge in [0.05, 0.1) is 12.2 Å². The summed E-state index contributed by atoms with van der Waals surface area (Å²) in [6, 6.07) is 0.356. The molecule has 0 spiro atoms. The average Bonchev–Trinajstić information content (AvgIpc) is 2.74. The first kappa shape index (κ1) is 9.68. The van der Waals surface area contributed by atoms with Gasteiger partial charge in [0.2, 0.25) is 0 Å². The number of aromatic nitrogens is 2. The Labute approximate surface area is 84.5 Å². The van der Waals surface area contributed by atoms with Crippen molar-refractivity contribution >= 4 is 0 Å². The third kappa shape index (κ3) is 1.96. The number of likely N-dealkylation sites (tertiary alicyclic amines) is 1. The van der Waals surface area contributed by atoms with Crippen LogP contribution in [0.2, 0.25) is 0 Å². The first-order valence-corrected chi connectivity index (χ1v) is 5.34. The molecule has 1 aromatic rings. The summed E-state index contributed by atoms with van der Waals surface area (Å²) >= 11 is 0. The van der Waals surface area contributed by atoms with Gasteiger partial charge in [-0.3, -0.25) is 10.00 Å². The quantitative estimate of drug-likeness (QED) is 0.751. The molecule has 1 atom stereocenters. The zero-order chi connectivity index (χ0) is 9.80. The zero-order valence-electron chi connectivity index (χ0n) is 8.45. The molecule has 4 heteroatoms. The van der Waals surface area contributed by atoms with Crippen LogP contribution in [0.15, 0.2) is 12.4 Å². The predicted octanol–water partition coefficient (Wildman–Crippen LogP) is 0.895. The molecule has 2 rings (SSSR count). The van der Waals surface area contributed by atoms with Crippen LogP contribution in [0.3, 0.4) is 0 Å². The molecule has 0 saturated carbocycles. The minimum atomic E-state index is 0.356. The lowest BCUT2D eigenvalue weighted by atomic mass is 10.0. The highest BCUT2D eigenvalue weighted by Crippen LogP contribution is 2.22. The van der Waals surface area contributed by atoms with E-state index in [1.54, 1.807) is 0 Å². The summed E-state index contributed by atoms with van der Waals surface area (Å²) in [7, 11) is 0. The predicted molar refractivity (Wildman–Crippen MR) is 55.8 cm³/mol. The van der Waals surface area contributed by atoms with Crippen molar-refractivity contribution in [3.8, 4) is 0 Å². The van der Waals surface area contributed by atoms with Crippen molar-refractivity contribution in [2.24, 2.45) is 5.73 Å². The molecule has 78 valence electrons. The number of H-pyrrole nitrogens is 1. The Hall–Kier alpha value is -0.870. The first-order chi connectivity index (χ1) is 6.92. The topological polar surface area (TPSA) is 57.9 Å². The molecule has 1 aliphatic rings. The minimum absolute atomic E-state index is 0.356. The van der Waals surface area contributed by atoms with E-state index in [9.17, 15) is 0 Å². The molecule has 1 saturated heterocycles. The smallest absolute Gasteiger partial charge is 0.0535 e. The van der Waals surface area contributed by atoms with Gasteiger partial charge in [-0.1, -0.05) is 6.42 Å². The second-order valence-corrected chi connectivity index (χ2v) is 3.88. The number of aromatic amines is 1. The van der Waals surface area contributed by atoms with E-state index in [-0.39, 0.29) is 0 Å². The van der Waals surface area contributed by atoms with Crippen LogP contribution in [0.1, 0.15) is 30.9 Å². The fourth-order valence-electron chi connectivity index (χ4n) is 2.17. The fraction of sp³-hybridized carbons (Fsp3) is 0.700. The lowest BCUT2D eigenvalue weighted by Crippen LogP contribution is -2.37. The van der Waals surface area contributed by atoms with E-state index in [1.165, 1.54) is 37.9 Å². The average molecular weight is 194 g/mol. The van der Waals surface area contributed by atoms with Gasteiger partial charge in [-0.2, -0.15) is 5.10 Å². The second-order valence-electron chi connectivity index (χ2n) is 3.88. The van der Waals surface area contributed by atoms with E-state index < -0.39 is 0 Å². The van der Waals surface area contributed by atoms with Gasteiger partial charge in [0, 0.05) is 18.3 Å². The molecule has 0 bridgehead atoms. The lowest BCUT2D eigenvalue weighted by Gasteiger charge is -2.33. The normalized spacial score (nSPS) is 20.9. The highest BCUT2D eigenvalue weighted by molar-refractivity contribution is 5.10. The highest BCUT2D eigenvalue weighted by Gasteiger charge is 2.21. The van der Waals surface area contributed by atoms with Crippen LogP contribution in [0.5, 0.6) is 0 Å². The summed E-state index contributed by atoms with van der Waals surface area (Å²) in [5.41, 5.74) is 7.03. The number of nitrogens with two attached hydrogens (primary N) is 1. The molecule has 0 amide bonds. The van der Waals surface area contributed by atoms with Crippen molar-refractivity contribution in [2.45, 2.75) is 25.3 Å². The highest BCUT2D eigenvalue weighted by atomic mass is 15.2. The van der Waals surface area contributed by atoms with Crippen molar-refractivity contribution in [1.29, 1.82) is 0 Å². The Balaban J connectivity index is 2.04. The maximum absolute atomic E-state index is 5.81. The van der Waals surface area contributed by atoms with Crippen molar-refractivity contribution in [2.75, 3.05) is 19.6 Å². The third-order valence-electron chi connectivity index (χ3n) is 2.96. The number of hydrogen-bond acceptors (Lipinski definition) is 3. The van der Waals surface area contributed by atoms with Crippen LogP contribution in [-0.4, -0.2) is 34.7 Å². The van der Waals surface area contributed by atoms with Crippen LogP contribution >= 0.6 is 0 Å². The Morgan fingerprint density at radius 3 is 2.79 bits per heavy atom. The van der Waals surface area contributed by atoms with Crippen LogP contribution < -0.4 is 5.73 Å². The lowest BCUT2D eigenvalue weighted by molar-refractivity contribution is 0.167. The van der Waals surface area contributed by atoms with E-state index in [1.807, 2.05) is 12.4 Å². The molecule has 1 fully saturated rings. The molecule has 1 unspecified atom stereocenters. The van der Waals surface area contributed by atoms with Gasteiger partial charge in [-0.15, -0.1) is 0 Å². The van der Waals surface area contributed by atoms with E-state index >= 15 is 0 Å². The van der Waals surface area contributed by atoms with E-state index in [0.29, 0.717) is 12.6 Å². The maximum atomic E-state index is 5.81. The number of nitrogens with zero attached hydrogens (tertiary/aromatic N) is 2. The van der Waals surface area contributed by atoms with Crippen LogP contribution in [0.4, 0.5) is 0 Å². The zero-order valence-corrected chi connectivity index (χ0v) is 8.45. The fourth-order valence-corrected chi connectivity index (χ4v) is 2.17. The minimum Gasteiger partial charge on any atom is -0.329 e. The molecule has 0 aliphatic carbocycles. The van der Waals surface area contributed by atoms with E-state index in [4.69, 9.17) is 5.73 Å². The Morgan fingerprint density at radius 1 is 1.43 bits per heavy atom. The van der Waals surface area contributed by atoms with Crippen LogP contribution in [0, 0.1) is 0 Å². The molecule has 2 heterocycles. The van der Waals surface area contributed by atoms with Crippen LogP contribution in [0.25, 0.3) is 0 Å². The molecule has 1 aromatic heterocycles. The number of rotatable bonds is 3. The third-order valence-corrected chi connectivity index (χ3v) is 2.96. The Bertz CT molecular complexity index is 251. The molecule has 1 aliphatic heterocycles. The van der Waals surface area contributed by atoms with E-state index in [2.05, 4.69) is 15.1 Å². The summed E-state index contributed by atoms with van der Waals surface area (Å²) in [5.74, 6) is 0. The van der Waals surface area contributed by atoms with E-state index in [0.717, 1.165) is 0 Å². The molecular weight excluding hydrogens is 176 g/mol. The summed E-state index contributed by atoms with van der Waals surface area (Å²) in [5, 5.41) is 6.83. The van der Waals surface area contributed by atoms with Gasteiger partial charge in [0.15, 0.2) is 0 Å².